The summed E-state index contributed by atoms with van der Waals surface area (Å²) in [7, 11) is 0. The molecule has 0 aliphatic rings. The molecule has 2 aromatic heterocycles. The monoisotopic (exact) mass is 258 g/mol. The quantitative estimate of drug-likeness (QED) is 0.857. The Balaban J connectivity index is 2.06. The summed E-state index contributed by atoms with van der Waals surface area (Å²) in [5, 5.41) is 3.92. The molecule has 2 rings (SSSR count). The van der Waals surface area contributed by atoms with Gasteiger partial charge in [-0.05, 0) is 6.07 Å². The Labute approximate surface area is 100 Å². The van der Waals surface area contributed by atoms with Gasteiger partial charge in [-0.1, -0.05) is 16.1 Å². The maximum Gasteiger partial charge on any atom is 0.138 e. The summed E-state index contributed by atoms with van der Waals surface area (Å²) in [5.74, 6) is 0.670. The van der Waals surface area contributed by atoms with Crippen molar-refractivity contribution in [3.63, 3.8) is 0 Å². The Hall–Kier alpha value is -0.850. The number of nitrogens with two attached hydrogens (primary N) is 1. The third-order valence-electron chi connectivity index (χ3n) is 1.68. The van der Waals surface area contributed by atoms with Crippen molar-refractivity contribution >= 4 is 40.6 Å². The number of nitrogen functional groups attached to an aromatic ring is 1. The lowest BCUT2D eigenvalue weighted by atomic mass is 10.4. The van der Waals surface area contributed by atoms with Crippen LogP contribution in [0, 0.1) is 0 Å². The summed E-state index contributed by atoms with van der Waals surface area (Å²) < 4.78 is 4.39. The molecule has 0 fully saturated rings. The van der Waals surface area contributed by atoms with Gasteiger partial charge in [-0.3, -0.25) is 4.98 Å². The van der Waals surface area contributed by atoms with Crippen LogP contribution in [-0.2, 0) is 5.75 Å². The van der Waals surface area contributed by atoms with Gasteiger partial charge in [-0.25, -0.2) is 0 Å². The number of pyridine rings is 1. The topological polar surface area (TPSA) is 64.7 Å². The first kappa shape index (κ1) is 10.7. The highest BCUT2D eigenvalue weighted by Crippen LogP contribution is 2.29. The van der Waals surface area contributed by atoms with Gasteiger partial charge >= 0.3 is 0 Å². The molecule has 0 radical (unpaired) electrons. The minimum Gasteiger partial charge on any atom is -0.397 e. The Morgan fingerprint density at radius 1 is 1.53 bits per heavy atom. The molecule has 15 heavy (non-hydrogen) atoms. The molecule has 0 atom stereocenters. The normalized spacial score (nSPS) is 10.5. The summed E-state index contributed by atoms with van der Waals surface area (Å²) in [5.41, 5.74) is 7.21. The van der Waals surface area contributed by atoms with Gasteiger partial charge in [0.15, 0.2) is 0 Å². The molecule has 2 N–H and O–H groups in total. The van der Waals surface area contributed by atoms with Gasteiger partial charge in [-0.2, -0.15) is 0 Å². The summed E-state index contributed by atoms with van der Waals surface area (Å²) in [6.07, 6.45) is 3.34. The zero-order valence-electron chi connectivity index (χ0n) is 7.55. The lowest BCUT2D eigenvalue weighted by Crippen LogP contribution is -1.90. The number of anilines is 1. The highest BCUT2D eigenvalue weighted by Gasteiger charge is 2.07. The van der Waals surface area contributed by atoms with E-state index in [1.165, 1.54) is 11.5 Å². The van der Waals surface area contributed by atoms with Crippen molar-refractivity contribution < 1.29 is 0 Å². The highest BCUT2D eigenvalue weighted by molar-refractivity contribution is 7.98. The summed E-state index contributed by atoms with van der Waals surface area (Å²) in [6, 6.07) is 1.87. The van der Waals surface area contributed by atoms with E-state index < -0.39 is 0 Å². The molecule has 0 aromatic carbocycles. The van der Waals surface area contributed by atoms with E-state index in [1.807, 2.05) is 6.07 Å². The molecule has 2 aromatic rings. The predicted molar refractivity (Wildman–Crippen MR) is 63.1 cm³/mol. The Morgan fingerprint density at radius 3 is 3.07 bits per heavy atom. The van der Waals surface area contributed by atoms with E-state index in [2.05, 4.69) is 14.6 Å². The van der Waals surface area contributed by atoms with Crippen LogP contribution in [0.2, 0.25) is 4.34 Å². The Kier molecular flexibility index (Phi) is 3.40. The molecule has 0 amide bonds. The second kappa shape index (κ2) is 4.78. The molecule has 78 valence electrons. The molecule has 4 nitrogen and oxygen atoms in total. The van der Waals surface area contributed by atoms with E-state index in [4.69, 9.17) is 17.3 Å². The third-order valence-corrected chi connectivity index (χ3v) is 3.77. The standard InChI is InChI=1S/C8H7ClN4S2/c9-8-6(12-13-15-8)4-14-7-1-2-11-3-5(7)10/h1-3H,4,10H2. The van der Waals surface area contributed by atoms with Crippen LogP contribution in [-0.4, -0.2) is 14.6 Å². The number of aromatic nitrogens is 3. The van der Waals surface area contributed by atoms with E-state index in [0.717, 1.165) is 10.6 Å². The minimum absolute atomic E-state index is 0.634. The summed E-state index contributed by atoms with van der Waals surface area (Å²) >= 11 is 8.65. The summed E-state index contributed by atoms with van der Waals surface area (Å²) in [4.78, 5) is 4.90. The fraction of sp³-hybridized carbons (Fsp3) is 0.125. The molecule has 7 heteroatoms. The van der Waals surface area contributed by atoms with Crippen molar-refractivity contribution in [2.45, 2.75) is 10.6 Å². The number of thioether (sulfide) groups is 1. The van der Waals surface area contributed by atoms with Gasteiger partial charge in [0.25, 0.3) is 0 Å². The summed E-state index contributed by atoms with van der Waals surface area (Å²) in [6.45, 7) is 0. The van der Waals surface area contributed by atoms with Crippen LogP contribution in [0.1, 0.15) is 5.69 Å². The van der Waals surface area contributed by atoms with Crippen LogP contribution >= 0.6 is 34.9 Å². The maximum atomic E-state index is 5.88. The predicted octanol–water partition coefficient (Wildman–Crippen LogP) is 2.46. The van der Waals surface area contributed by atoms with E-state index in [1.54, 1.807) is 24.2 Å². The van der Waals surface area contributed by atoms with Crippen molar-refractivity contribution in [1.29, 1.82) is 0 Å². The van der Waals surface area contributed by atoms with Gasteiger partial charge < -0.3 is 5.73 Å². The van der Waals surface area contributed by atoms with Crippen LogP contribution in [0.5, 0.6) is 0 Å². The zero-order chi connectivity index (χ0) is 10.7. The first-order chi connectivity index (χ1) is 7.27. The number of halogens is 1. The van der Waals surface area contributed by atoms with Gasteiger partial charge in [0, 0.05) is 28.4 Å². The fourth-order valence-electron chi connectivity index (χ4n) is 0.955. The van der Waals surface area contributed by atoms with Crippen molar-refractivity contribution in [2.75, 3.05) is 5.73 Å². The Bertz CT molecular complexity index is 459. The molecular formula is C8H7ClN4S2. The molecular weight excluding hydrogens is 252 g/mol. The average molecular weight is 259 g/mol. The van der Waals surface area contributed by atoms with Crippen molar-refractivity contribution in [2.24, 2.45) is 0 Å². The van der Waals surface area contributed by atoms with Gasteiger partial charge in [0.2, 0.25) is 0 Å². The van der Waals surface area contributed by atoms with Crippen molar-refractivity contribution in [3.8, 4) is 0 Å². The minimum atomic E-state index is 0.634. The second-order valence-electron chi connectivity index (χ2n) is 2.70. The second-order valence-corrected chi connectivity index (χ2v) is 5.07. The van der Waals surface area contributed by atoms with E-state index in [9.17, 15) is 0 Å². The van der Waals surface area contributed by atoms with Gasteiger partial charge in [0.05, 0.1) is 11.9 Å². The number of hydrogen-bond donors (Lipinski definition) is 1. The highest BCUT2D eigenvalue weighted by atomic mass is 35.5. The van der Waals surface area contributed by atoms with Gasteiger partial charge in [0.1, 0.15) is 10.0 Å². The molecule has 0 saturated heterocycles. The molecule has 0 saturated carbocycles. The van der Waals surface area contributed by atoms with Crippen LogP contribution in [0.15, 0.2) is 23.4 Å². The molecule has 0 bridgehead atoms. The lowest BCUT2D eigenvalue weighted by molar-refractivity contribution is 1.07. The van der Waals surface area contributed by atoms with E-state index in [-0.39, 0.29) is 0 Å². The Morgan fingerprint density at radius 2 is 2.40 bits per heavy atom. The van der Waals surface area contributed by atoms with E-state index >= 15 is 0 Å². The molecule has 2 heterocycles. The fourth-order valence-corrected chi connectivity index (χ4v) is 2.62. The molecule has 0 spiro atoms. The largest absolute Gasteiger partial charge is 0.397 e. The number of rotatable bonds is 3. The van der Waals surface area contributed by atoms with Crippen LogP contribution in [0.3, 0.4) is 0 Å². The van der Waals surface area contributed by atoms with Crippen molar-refractivity contribution in [3.05, 3.63) is 28.5 Å². The molecule has 0 aliphatic carbocycles. The van der Waals surface area contributed by atoms with Crippen LogP contribution in [0.4, 0.5) is 5.69 Å². The average Bonchev–Trinajstić information content (AvgIpc) is 2.63. The number of hydrogen-bond acceptors (Lipinski definition) is 6. The first-order valence-electron chi connectivity index (χ1n) is 4.06. The molecule has 0 aliphatic heterocycles. The van der Waals surface area contributed by atoms with Crippen molar-refractivity contribution in [1.82, 2.24) is 14.6 Å². The first-order valence-corrected chi connectivity index (χ1v) is 6.20. The maximum absolute atomic E-state index is 5.88. The van der Waals surface area contributed by atoms with E-state index in [0.29, 0.717) is 15.8 Å². The third kappa shape index (κ3) is 2.58. The number of nitrogens with zero attached hydrogens (tertiary/aromatic N) is 3. The van der Waals surface area contributed by atoms with Crippen LogP contribution < -0.4 is 5.73 Å². The lowest BCUT2D eigenvalue weighted by Gasteiger charge is -2.02. The van der Waals surface area contributed by atoms with Crippen LogP contribution in [0.25, 0.3) is 0 Å². The zero-order valence-corrected chi connectivity index (χ0v) is 9.94. The molecule has 0 unspecified atom stereocenters. The smallest absolute Gasteiger partial charge is 0.138 e. The van der Waals surface area contributed by atoms with Gasteiger partial charge in [-0.15, -0.1) is 16.9 Å². The SMILES string of the molecule is Nc1cnccc1SCc1nnsc1Cl.